The van der Waals surface area contributed by atoms with Crippen molar-refractivity contribution in [1.29, 1.82) is 0 Å². The first-order valence-electron chi connectivity index (χ1n) is 7.01. The normalized spacial score (nSPS) is 11.3. The lowest BCUT2D eigenvalue weighted by atomic mass is 9.94. The van der Waals surface area contributed by atoms with Crippen LogP contribution in [0.3, 0.4) is 0 Å². The lowest BCUT2D eigenvalue weighted by Gasteiger charge is -2.27. The molecule has 0 aliphatic rings. The topological polar surface area (TPSA) is 90.1 Å². The Bertz CT molecular complexity index is 710. The van der Waals surface area contributed by atoms with E-state index in [0.717, 1.165) is 10.0 Å². The average molecular weight is 381 g/mol. The van der Waals surface area contributed by atoms with Crippen molar-refractivity contribution < 1.29 is 9.72 Å². The lowest BCUT2D eigenvalue weighted by Crippen LogP contribution is -2.41. The van der Waals surface area contributed by atoms with Crippen molar-refractivity contribution in [3.8, 4) is 0 Å². The molecule has 1 amide bonds. The van der Waals surface area contributed by atoms with Crippen LogP contribution in [0, 0.1) is 10.1 Å². The molecule has 0 aliphatic carbocycles. The van der Waals surface area contributed by atoms with Gasteiger partial charge in [-0.2, -0.15) is 0 Å². The number of halogens is 1. The van der Waals surface area contributed by atoms with Crippen LogP contribution >= 0.6 is 15.9 Å². The molecular weight excluding hydrogens is 364 g/mol. The standard InChI is InChI=1S/C15H17BrN4O3/c1-15(2,11-3-5-12(16)6-4-11)18-14(21)7-8-19-9-13(17-10-19)20(22)23/h3-6,9-10H,7-8H2,1-2H3,(H,18,21). The first kappa shape index (κ1) is 17.1. The molecule has 0 saturated heterocycles. The summed E-state index contributed by atoms with van der Waals surface area (Å²) in [7, 11) is 0. The minimum Gasteiger partial charge on any atom is -0.358 e. The molecule has 0 atom stereocenters. The highest BCUT2D eigenvalue weighted by atomic mass is 79.9. The average Bonchev–Trinajstić information content (AvgIpc) is 2.94. The summed E-state index contributed by atoms with van der Waals surface area (Å²) in [5.74, 6) is -0.352. The number of carbonyl (C=O) groups excluding carboxylic acids is 1. The summed E-state index contributed by atoms with van der Waals surface area (Å²) < 4.78 is 2.51. The van der Waals surface area contributed by atoms with E-state index in [1.165, 1.54) is 17.1 Å². The molecule has 1 aromatic heterocycles. The molecule has 0 aliphatic heterocycles. The van der Waals surface area contributed by atoms with Gasteiger partial charge in [-0.15, -0.1) is 0 Å². The molecular formula is C15H17BrN4O3. The Balaban J connectivity index is 1.92. The first-order chi connectivity index (χ1) is 10.8. The summed E-state index contributed by atoms with van der Waals surface area (Å²) in [6.07, 6.45) is 2.88. The Kier molecular flexibility index (Phi) is 5.15. The van der Waals surface area contributed by atoms with Crippen LogP contribution in [0.2, 0.25) is 0 Å². The second-order valence-corrected chi connectivity index (χ2v) is 6.57. The van der Waals surface area contributed by atoms with Gasteiger partial charge in [-0.05, 0) is 41.5 Å². The predicted molar refractivity (Wildman–Crippen MR) is 88.8 cm³/mol. The smallest absolute Gasteiger partial charge is 0.358 e. The number of aryl methyl sites for hydroxylation is 1. The monoisotopic (exact) mass is 380 g/mol. The van der Waals surface area contributed by atoms with Gasteiger partial charge in [-0.25, -0.2) is 0 Å². The van der Waals surface area contributed by atoms with E-state index in [-0.39, 0.29) is 18.1 Å². The van der Waals surface area contributed by atoms with Crippen LogP contribution in [-0.4, -0.2) is 20.4 Å². The highest BCUT2D eigenvalue weighted by Gasteiger charge is 2.22. The van der Waals surface area contributed by atoms with Crippen LogP contribution in [0.4, 0.5) is 5.82 Å². The number of aromatic nitrogens is 2. The van der Waals surface area contributed by atoms with Gasteiger partial charge in [0.15, 0.2) is 0 Å². The van der Waals surface area contributed by atoms with Gasteiger partial charge in [0, 0.05) is 17.4 Å². The summed E-state index contributed by atoms with van der Waals surface area (Å²) in [6, 6.07) is 7.74. The van der Waals surface area contributed by atoms with Crippen molar-refractivity contribution >= 4 is 27.7 Å². The molecule has 122 valence electrons. The first-order valence-corrected chi connectivity index (χ1v) is 7.80. The maximum Gasteiger partial charge on any atom is 0.381 e. The SMILES string of the molecule is CC(C)(NC(=O)CCn1cnc([N+](=O)[O-])c1)c1ccc(Br)cc1. The molecule has 23 heavy (non-hydrogen) atoms. The van der Waals surface area contributed by atoms with Crippen LogP contribution in [0.5, 0.6) is 0 Å². The van der Waals surface area contributed by atoms with E-state index in [4.69, 9.17) is 0 Å². The Labute approximate surface area is 142 Å². The summed E-state index contributed by atoms with van der Waals surface area (Å²) in [5.41, 5.74) is 0.492. The van der Waals surface area contributed by atoms with Gasteiger partial charge in [0.1, 0.15) is 6.20 Å². The third kappa shape index (κ3) is 4.62. The highest BCUT2D eigenvalue weighted by molar-refractivity contribution is 9.10. The molecule has 1 N–H and O–H groups in total. The summed E-state index contributed by atoms with van der Waals surface area (Å²) in [6.45, 7) is 4.19. The zero-order valence-electron chi connectivity index (χ0n) is 12.8. The number of rotatable bonds is 6. The summed E-state index contributed by atoms with van der Waals surface area (Å²) in [5, 5.41) is 13.5. The van der Waals surface area contributed by atoms with E-state index < -0.39 is 10.5 Å². The van der Waals surface area contributed by atoms with Crippen LogP contribution in [0.15, 0.2) is 41.3 Å². The van der Waals surface area contributed by atoms with E-state index in [1.54, 1.807) is 0 Å². The number of imidazole rings is 1. The van der Waals surface area contributed by atoms with Gasteiger partial charge < -0.3 is 20.0 Å². The fourth-order valence-electron chi connectivity index (χ4n) is 2.15. The predicted octanol–water partition coefficient (Wildman–Crippen LogP) is 3.00. The molecule has 0 bridgehead atoms. The van der Waals surface area contributed by atoms with Crippen molar-refractivity contribution in [3.05, 3.63) is 56.9 Å². The summed E-state index contributed by atoms with van der Waals surface area (Å²) in [4.78, 5) is 25.8. The Morgan fingerprint density at radius 3 is 2.61 bits per heavy atom. The third-order valence-electron chi connectivity index (χ3n) is 3.42. The highest BCUT2D eigenvalue weighted by Crippen LogP contribution is 2.22. The molecule has 8 heteroatoms. The molecule has 0 spiro atoms. The van der Waals surface area contributed by atoms with E-state index in [2.05, 4.69) is 26.2 Å². The van der Waals surface area contributed by atoms with E-state index >= 15 is 0 Å². The van der Waals surface area contributed by atoms with Crippen molar-refractivity contribution in [1.82, 2.24) is 14.9 Å². The van der Waals surface area contributed by atoms with Crippen LogP contribution in [0.25, 0.3) is 0 Å². The lowest BCUT2D eigenvalue weighted by molar-refractivity contribution is -0.389. The minimum absolute atomic E-state index is 0.130. The zero-order valence-corrected chi connectivity index (χ0v) is 14.4. The molecule has 0 fully saturated rings. The van der Waals surface area contributed by atoms with Gasteiger partial charge in [0.2, 0.25) is 12.2 Å². The second kappa shape index (κ2) is 6.91. The minimum atomic E-state index is -0.562. The zero-order chi connectivity index (χ0) is 17.0. The number of hydrogen-bond acceptors (Lipinski definition) is 4. The molecule has 2 aromatic rings. The Hall–Kier alpha value is -2.22. The maximum atomic E-state index is 12.1. The third-order valence-corrected chi connectivity index (χ3v) is 3.95. The number of benzene rings is 1. The van der Waals surface area contributed by atoms with Crippen LogP contribution < -0.4 is 5.32 Å². The van der Waals surface area contributed by atoms with E-state index in [9.17, 15) is 14.9 Å². The van der Waals surface area contributed by atoms with E-state index in [1.807, 2.05) is 38.1 Å². The van der Waals surface area contributed by atoms with Gasteiger partial charge in [0.05, 0.1) is 5.54 Å². The molecule has 0 saturated carbocycles. The molecule has 2 rings (SSSR count). The van der Waals surface area contributed by atoms with Gasteiger partial charge >= 0.3 is 5.82 Å². The van der Waals surface area contributed by atoms with Gasteiger partial charge in [-0.1, -0.05) is 28.1 Å². The van der Waals surface area contributed by atoms with Gasteiger partial charge in [0.25, 0.3) is 0 Å². The molecule has 1 heterocycles. The fraction of sp³-hybridized carbons (Fsp3) is 0.333. The van der Waals surface area contributed by atoms with Crippen LogP contribution in [0.1, 0.15) is 25.8 Å². The number of carbonyl (C=O) groups is 1. The van der Waals surface area contributed by atoms with Crippen molar-refractivity contribution in [2.45, 2.75) is 32.4 Å². The fourth-order valence-corrected chi connectivity index (χ4v) is 2.41. The van der Waals surface area contributed by atoms with Gasteiger partial charge in [-0.3, -0.25) is 4.79 Å². The number of nitrogens with one attached hydrogen (secondary N) is 1. The molecule has 0 unspecified atom stereocenters. The summed E-state index contributed by atoms with van der Waals surface area (Å²) >= 11 is 3.38. The molecule has 7 nitrogen and oxygen atoms in total. The number of nitrogens with zero attached hydrogens (tertiary/aromatic N) is 3. The van der Waals surface area contributed by atoms with Crippen molar-refractivity contribution in [2.75, 3.05) is 0 Å². The largest absolute Gasteiger partial charge is 0.381 e. The Morgan fingerprint density at radius 2 is 2.04 bits per heavy atom. The number of amides is 1. The Morgan fingerprint density at radius 1 is 1.39 bits per heavy atom. The quantitative estimate of drug-likeness (QED) is 0.615. The number of nitro groups is 1. The molecule has 0 radical (unpaired) electrons. The van der Waals surface area contributed by atoms with E-state index in [0.29, 0.717) is 6.54 Å². The second-order valence-electron chi connectivity index (χ2n) is 5.66. The van der Waals surface area contributed by atoms with Crippen molar-refractivity contribution in [2.24, 2.45) is 0 Å². The maximum absolute atomic E-state index is 12.1. The molecule has 1 aromatic carbocycles. The van der Waals surface area contributed by atoms with Crippen molar-refractivity contribution in [3.63, 3.8) is 0 Å². The number of hydrogen-bond donors (Lipinski definition) is 1. The van der Waals surface area contributed by atoms with Crippen LogP contribution in [-0.2, 0) is 16.9 Å².